The molecule has 0 aromatic heterocycles. The molecule has 0 aliphatic heterocycles. The van der Waals surface area contributed by atoms with E-state index in [1.54, 1.807) is 0 Å². The summed E-state index contributed by atoms with van der Waals surface area (Å²) in [7, 11) is 0. The van der Waals surface area contributed by atoms with Crippen LogP contribution in [0.1, 0.15) is 24.8 Å². The van der Waals surface area contributed by atoms with Crippen LogP contribution in [-0.2, 0) is 11.2 Å². The predicted octanol–water partition coefficient (Wildman–Crippen LogP) is 4.71. The molecule has 2 rings (SSSR count). The zero-order chi connectivity index (χ0) is 14.9. The largest absolute Gasteiger partial charge is 0.481 e. The van der Waals surface area contributed by atoms with E-state index in [9.17, 15) is 4.79 Å². The van der Waals surface area contributed by atoms with Crippen molar-refractivity contribution in [1.29, 1.82) is 0 Å². The molecule has 0 aliphatic carbocycles. The van der Waals surface area contributed by atoms with Gasteiger partial charge < -0.3 is 5.11 Å². The molecule has 0 atom stereocenters. The molecule has 0 bridgehead atoms. The Hall–Kier alpha value is -2.35. The maximum absolute atomic E-state index is 10.4. The Morgan fingerprint density at radius 2 is 1.48 bits per heavy atom. The lowest BCUT2D eigenvalue weighted by Gasteiger charge is -2.03. The first-order valence-corrected chi connectivity index (χ1v) is 7.27. The Morgan fingerprint density at radius 3 is 2.14 bits per heavy atom. The van der Waals surface area contributed by atoms with Crippen molar-refractivity contribution in [3.8, 4) is 11.1 Å². The summed E-state index contributed by atoms with van der Waals surface area (Å²) in [6.45, 7) is 0. The van der Waals surface area contributed by atoms with Crippen molar-refractivity contribution in [3.05, 3.63) is 72.3 Å². The van der Waals surface area contributed by atoms with Gasteiger partial charge in [-0.05, 0) is 36.0 Å². The fraction of sp³-hybridized carbons (Fsp3) is 0.211. The standard InChI is InChI=1S/C19H20O2/c20-19(21)11-7-2-1-4-8-16-12-14-18(15-13-16)17-9-5-3-6-10-17/h1-3,5-6,9-10,12-15H,4,7-8,11H2,(H,20,21)/b2-1+. The van der Waals surface area contributed by atoms with Crippen LogP contribution in [0.4, 0.5) is 0 Å². The first-order valence-electron chi connectivity index (χ1n) is 7.27. The third-order valence-corrected chi connectivity index (χ3v) is 3.35. The molecule has 0 spiro atoms. The molecule has 2 aromatic carbocycles. The highest BCUT2D eigenvalue weighted by Crippen LogP contribution is 2.19. The number of benzene rings is 2. The van der Waals surface area contributed by atoms with Crippen molar-refractivity contribution in [2.24, 2.45) is 0 Å². The van der Waals surface area contributed by atoms with Gasteiger partial charge in [-0.1, -0.05) is 66.7 Å². The van der Waals surface area contributed by atoms with Crippen LogP contribution in [0.3, 0.4) is 0 Å². The van der Waals surface area contributed by atoms with Gasteiger partial charge in [-0.15, -0.1) is 0 Å². The molecule has 0 amide bonds. The third kappa shape index (κ3) is 5.27. The van der Waals surface area contributed by atoms with Crippen molar-refractivity contribution < 1.29 is 9.90 Å². The van der Waals surface area contributed by atoms with Gasteiger partial charge in [0.15, 0.2) is 0 Å². The molecular weight excluding hydrogens is 260 g/mol. The molecular formula is C19H20O2. The third-order valence-electron chi connectivity index (χ3n) is 3.35. The van der Waals surface area contributed by atoms with E-state index in [4.69, 9.17) is 5.11 Å². The molecule has 0 fully saturated rings. The second-order valence-corrected chi connectivity index (χ2v) is 5.01. The molecule has 1 N–H and O–H groups in total. The number of rotatable bonds is 7. The number of carbonyl (C=O) groups is 1. The average Bonchev–Trinajstić information content (AvgIpc) is 2.52. The number of hydrogen-bond donors (Lipinski definition) is 1. The fourth-order valence-corrected chi connectivity index (χ4v) is 2.19. The molecule has 2 heteroatoms. The summed E-state index contributed by atoms with van der Waals surface area (Å²) in [5, 5.41) is 8.53. The van der Waals surface area contributed by atoms with Gasteiger partial charge in [0.2, 0.25) is 0 Å². The molecule has 2 nitrogen and oxygen atoms in total. The lowest BCUT2D eigenvalue weighted by Crippen LogP contribution is -1.91. The van der Waals surface area contributed by atoms with Crippen LogP contribution in [0.2, 0.25) is 0 Å². The molecule has 0 heterocycles. The lowest BCUT2D eigenvalue weighted by atomic mass is 10.0. The van der Waals surface area contributed by atoms with Crippen LogP contribution in [-0.4, -0.2) is 11.1 Å². The maximum Gasteiger partial charge on any atom is 0.303 e. The van der Waals surface area contributed by atoms with Gasteiger partial charge in [-0.2, -0.15) is 0 Å². The normalized spacial score (nSPS) is 10.9. The summed E-state index contributed by atoms with van der Waals surface area (Å²) in [4.78, 5) is 10.4. The fourth-order valence-electron chi connectivity index (χ4n) is 2.19. The average molecular weight is 280 g/mol. The maximum atomic E-state index is 10.4. The summed E-state index contributed by atoms with van der Waals surface area (Å²) in [5.74, 6) is -0.740. The highest BCUT2D eigenvalue weighted by Gasteiger charge is 1.97. The van der Waals surface area contributed by atoms with E-state index in [2.05, 4.69) is 42.5 Å². The van der Waals surface area contributed by atoms with Crippen LogP contribution in [0, 0.1) is 0 Å². The minimum absolute atomic E-state index is 0.211. The minimum atomic E-state index is -0.740. The van der Waals surface area contributed by atoms with E-state index < -0.39 is 5.97 Å². The number of aliphatic carboxylic acids is 1. The highest BCUT2D eigenvalue weighted by molar-refractivity contribution is 5.66. The first kappa shape index (κ1) is 15.0. The van der Waals surface area contributed by atoms with Gasteiger partial charge in [0, 0.05) is 6.42 Å². The SMILES string of the molecule is O=C(O)CC/C=C/CCc1ccc(-c2ccccc2)cc1. The highest BCUT2D eigenvalue weighted by atomic mass is 16.4. The topological polar surface area (TPSA) is 37.3 Å². The van der Waals surface area contributed by atoms with Crippen molar-refractivity contribution >= 4 is 5.97 Å². The monoisotopic (exact) mass is 280 g/mol. The number of hydrogen-bond acceptors (Lipinski definition) is 1. The molecule has 0 radical (unpaired) electrons. The zero-order valence-corrected chi connectivity index (χ0v) is 12.0. The molecule has 0 saturated carbocycles. The lowest BCUT2D eigenvalue weighted by molar-refractivity contribution is -0.136. The number of aryl methyl sites for hydroxylation is 1. The van der Waals surface area contributed by atoms with Crippen LogP contribution in [0.15, 0.2) is 66.7 Å². The zero-order valence-electron chi connectivity index (χ0n) is 12.0. The molecule has 0 saturated heterocycles. The Bertz CT molecular complexity index is 583. The van der Waals surface area contributed by atoms with Crippen LogP contribution < -0.4 is 0 Å². The Morgan fingerprint density at radius 1 is 0.857 bits per heavy atom. The van der Waals surface area contributed by atoms with E-state index in [-0.39, 0.29) is 6.42 Å². The summed E-state index contributed by atoms with van der Waals surface area (Å²) >= 11 is 0. The summed E-state index contributed by atoms with van der Waals surface area (Å²) in [5.41, 5.74) is 3.77. The van der Waals surface area contributed by atoms with Gasteiger partial charge in [0.05, 0.1) is 0 Å². The molecule has 0 aliphatic rings. The number of carboxylic acid groups (broad SMARTS) is 1. The van der Waals surface area contributed by atoms with E-state index in [0.29, 0.717) is 6.42 Å². The number of allylic oxidation sites excluding steroid dienone is 2. The van der Waals surface area contributed by atoms with Crippen LogP contribution in [0.25, 0.3) is 11.1 Å². The Balaban J connectivity index is 1.82. The van der Waals surface area contributed by atoms with Gasteiger partial charge in [0.1, 0.15) is 0 Å². The van der Waals surface area contributed by atoms with Crippen molar-refractivity contribution in [1.82, 2.24) is 0 Å². The minimum Gasteiger partial charge on any atom is -0.481 e. The van der Waals surface area contributed by atoms with Crippen LogP contribution in [0.5, 0.6) is 0 Å². The van der Waals surface area contributed by atoms with Gasteiger partial charge >= 0.3 is 5.97 Å². The van der Waals surface area contributed by atoms with E-state index >= 15 is 0 Å². The molecule has 0 unspecified atom stereocenters. The first-order chi connectivity index (χ1) is 10.3. The quantitative estimate of drug-likeness (QED) is 0.746. The smallest absolute Gasteiger partial charge is 0.303 e. The van der Waals surface area contributed by atoms with E-state index in [1.165, 1.54) is 16.7 Å². The number of carboxylic acids is 1. The van der Waals surface area contributed by atoms with Gasteiger partial charge in [-0.25, -0.2) is 0 Å². The second-order valence-electron chi connectivity index (χ2n) is 5.01. The van der Waals surface area contributed by atoms with Crippen molar-refractivity contribution in [2.75, 3.05) is 0 Å². The Labute approximate surface area is 125 Å². The molecule has 2 aromatic rings. The van der Waals surface area contributed by atoms with Crippen molar-refractivity contribution in [3.63, 3.8) is 0 Å². The summed E-state index contributed by atoms with van der Waals surface area (Å²) in [6, 6.07) is 19.0. The predicted molar refractivity (Wildman–Crippen MR) is 86.2 cm³/mol. The summed E-state index contributed by atoms with van der Waals surface area (Å²) in [6.07, 6.45) is 6.77. The van der Waals surface area contributed by atoms with Gasteiger partial charge in [-0.3, -0.25) is 4.79 Å². The van der Waals surface area contributed by atoms with Crippen molar-refractivity contribution in [2.45, 2.75) is 25.7 Å². The Kier molecular flexibility index (Phi) is 5.77. The van der Waals surface area contributed by atoms with Gasteiger partial charge in [0.25, 0.3) is 0 Å². The van der Waals surface area contributed by atoms with Crippen LogP contribution >= 0.6 is 0 Å². The molecule has 108 valence electrons. The molecule has 21 heavy (non-hydrogen) atoms. The van der Waals surface area contributed by atoms with E-state index in [0.717, 1.165) is 12.8 Å². The van der Waals surface area contributed by atoms with E-state index in [1.807, 2.05) is 24.3 Å². The summed E-state index contributed by atoms with van der Waals surface area (Å²) < 4.78 is 0. The second kappa shape index (κ2) is 8.05.